The van der Waals surface area contributed by atoms with Crippen molar-refractivity contribution in [3.8, 4) is 0 Å². The van der Waals surface area contributed by atoms with Crippen LogP contribution in [0.25, 0.3) is 0 Å². The topological polar surface area (TPSA) is 108 Å². The van der Waals surface area contributed by atoms with Crippen LogP contribution in [-0.2, 0) is 0 Å². The van der Waals surface area contributed by atoms with E-state index in [1.807, 2.05) is 0 Å². The van der Waals surface area contributed by atoms with Gasteiger partial charge in [-0.2, -0.15) is 0 Å². The van der Waals surface area contributed by atoms with Gasteiger partial charge in [-0.25, -0.2) is 4.98 Å². The van der Waals surface area contributed by atoms with E-state index in [9.17, 15) is 10.1 Å². The van der Waals surface area contributed by atoms with E-state index in [1.165, 1.54) is 6.07 Å². The van der Waals surface area contributed by atoms with Crippen LogP contribution in [0.1, 0.15) is 0 Å². The SMILES string of the molecule is Nc1cc(Cl)nc(N)c1[N+](=O)[O-]. The number of hydrogen-bond acceptors (Lipinski definition) is 5. The van der Waals surface area contributed by atoms with Crippen molar-refractivity contribution in [3.63, 3.8) is 0 Å². The average molecular weight is 189 g/mol. The maximum Gasteiger partial charge on any atom is 0.333 e. The third-order valence-corrected chi connectivity index (χ3v) is 1.39. The van der Waals surface area contributed by atoms with Gasteiger partial charge in [-0.3, -0.25) is 10.1 Å². The summed E-state index contributed by atoms with van der Waals surface area (Å²) in [5, 5.41) is 10.4. The largest absolute Gasteiger partial charge is 0.393 e. The van der Waals surface area contributed by atoms with Gasteiger partial charge in [0.15, 0.2) is 0 Å². The van der Waals surface area contributed by atoms with Crippen molar-refractivity contribution in [2.75, 3.05) is 11.5 Å². The van der Waals surface area contributed by atoms with Gasteiger partial charge in [-0.15, -0.1) is 0 Å². The summed E-state index contributed by atoms with van der Waals surface area (Å²) < 4.78 is 0. The molecule has 0 atom stereocenters. The Morgan fingerprint density at radius 1 is 1.58 bits per heavy atom. The summed E-state index contributed by atoms with van der Waals surface area (Å²) in [4.78, 5) is 13.1. The van der Waals surface area contributed by atoms with Crippen LogP contribution >= 0.6 is 11.6 Å². The summed E-state index contributed by atoms with van der Waals surface area (Å²) >= 11 is 5.43. The van der Waals surface area contributed by atoms with E-state index < -0.39 is 10.6 Å². The fourth-order valence-corrected chi connectivity index (χ4v) is 0.952. The molecule has 0 aliphatic rings. The number of pyridine rings is 1. The normalized spacial score (nSPS) is 9.75. The highest BCUT2D eigenvalue weighted by molar-refractivity contribution is 6.29. The minimum Gasteiger partial charge on any atom is -0.393 e. The molecule has 0 saturated heterocycles. The van der Waals surface area contributed by atoms with E-state index in [0.29, 0.717) is 0 Å². The summed E-state index contributed by atoms with van der Waals surface area (Å²) in [6.45, 7) is 0. The maximum absolute atomic E-state index is 10.3. The fraction of sp³-hybridized carbons (Fsp3) is 0. The van der Waals surface area contributed by atoms with Gasteiger partial charge < -0.3 is 11.5 Å². The summed E-state index contributed by atoms with van der Waals surface area (Å²) in [7, 11) is 0. The van der Waals surface area contributed by atoms with Gasteiger partial charge in [-0.05, 0) is 0 Å². The average Bonchev–Trinajstić information content (AvgIpc) is 1.82. The molecule has 64 valence electrons. The Kier molecular flexibility index (Phi) is 2.01. The lowest BCUT2D eigenvalue weighted by molar-refractivity contribution is -0.383. The first-order valence-electron chi connectivity index (χ1n) is 2.88. The molecule has 1 heterocycles. The smallest absolute Gasteiger partial charge is 0.333 e. The molecule has 1 aromatic rings. The van der Waals surface area contributed by atoms with Crippen LogP contribution in [0, 0.1) is 10.1 Å². The highest BCUT2D eigenvalue weighted by Gasteiger charge is 2.18. The molecule has 12 heavy (non-hydrogen) atoms. The van der Waals surface area contributed by atoms with Crippen molar-refractivity contribution in [3.05, 3.63) is 21.3 Å². The molecule has 1 aromatic heterocycles. The number of anilines is 2. The molecule has 0 aromatic carbocycles. The number of nitrogen functional groups attached to an aromatic ring is 2. The summed E-state index contributed by atoms with van der Waals surface area (Å²) in [6.07, 6.45) is 0. The Labute approximate surface area is 72.3 Å². The third-order valence-electron chi connectivity index (χ3n) is 1.20. The van der Waals surface area contributed by atoms with Crippen LogP contribution in [0.2, 0.25) is 5.15 Å². The summed E-state index contributed by atoms with van der Waals surface area (Å²) in [6, 6.07) is 1.18. The van der Waals surface area contributed by atoms with Gasteiger partial charge in [0.05, 0.1) is 4.92 Å². The second-order valence-corrected chi connectivity index (χ2v) is 2.41. The monoisotopic (exact) mass is 188 g/mol. The Hall–Kier alpha value is -1.56. The van der Waals surface area contributed by atoms with Crippen molar-refractivity contribution < 1.29 is 4.92 Å². The quantitative estimate of drug-likeness (QED) is 0.385. The maximum atomic E-state index is 10.3. The minimum absolute atomic E-state index is 0.0376. The number of nitro groups is 1. The number of aromatic nitrogens is 1. The van der Waals surface area contributed by atoms with Gasteiger partial charge in [0.25, 0.3) is 0 Å². The molecule has 0 radical (unpaired) electrons. The number of halogens is 1. The Balaban J connectivity index is 3.38. The molecule has 7 heteroatoms. The van der Waals surface area contributed by atoms with Crippen molar-refractivity contribution in [1.82, 2.24) is 4.98 Å². The molecule has 6 nitrogen and oxygen atoms in total. The van der Waals surface area contributed by atoms with Crippen LogP contribution in [-0.4, -0.2) is 9.91 Å². The first-order chi connectivity index (χ1) is 5.52. The van der Waals surface area contributed by atoms with Crippen molar-refractivity contribution in [1.29, 1.82) is 0 Å². The molecular weight excluding hydrogens is 184 g/mol. The van der Waals surface area contributed by atoms with Crippen LogP contribution < -0.4 is 11.5 Å². The third kappa shape index (κ3) is 1.37. The fourth-order valence-electron chi connectivity index (χ4n) is 0.744. The molecule has 0 spiro atoms. The number of hydrogen-bond donors (Lipinski definition) is 2. The second-order valence-electron chi connectivity index (χ2n) is 2.03. The standard InChI is InChI=1S/C5H5ClN4O2/c6-3-1-2(7)4(10(11)12)5(8)9-3/h1H,(H4,7,8,9). The molecule has 4 N–H and O–H groups in total. The van der Waals surface area contributed by atoms with Crippen molar-refractivity contribution in [2.24, 2.45) is 0 Å². The van der Waals surface area contributed by atoms with Gasteiger partial charge in [0, 0.05) is 6.07 Å². The first kappa shape index (κ1) is 8.54. The molecule has 0 saturated carbocycles. The van der Waals surface area contributed by atoms with Crippen molar-refractivity contribution >= 4 is 28.8 Å². The number of rotatable bonds is 1. The zero-order valence-electron chi connectivity index (χ0n) is 5.82. The minimum atomic E-state index is -0.700. The lowest BCUT2D eigenvalue weighted by Crippen LogP contribution is -2.02. The molecule has 0 fully saturated rings. The van der Waals surface area contributed by atoms with Crippen LogP contribution in [0.5, 0.6) is 0 Å². The van der Waals surface area contributed by atoms with Crippen LogP contribution in [0.3, 0.4) is 0 Å². The predicted octanol–water partition coefficient (Wildman–Crippen LogP) is 0.808. The number of nitrogens with two attached hydrogens (primary N) is 2. The van der Waals surface area contributed by atoms with Gasteiger partial charge in [-0.1, -0.05) is 11.6 Å². The first-order valence-corrected chi connectivity index (χ1v) is 3.26. The second kappa shape index (κ2) is 2.82. The van der Waals surface area contributed by atoms with Gasteiger partial charge in [0.1, 0.15) is 10.8 Å². The molecule has 1 rings (SSSR count). The lowest BCUT2D eigenvalue weighted by Gasteiger charge is -1.99. The Morgan fingerprint density at radius 3 is 2.58 bits per heavy atom. The summed E-state index contributed by atoms with van der Waals surface area (Å²) in [5.41, 5.74) is 9.99. The molecule has 0 aliphatic carbocycles. The zero-order valence-corrected chi connectivity index (χ0v) is 6.58. The molecule has 0 bridgehead atoms. The van der Waals surface area contributed by atoms with Crippen LogP contribution in [0.15, 0.2) is 6.07 Å². The highest BCUT2D eigenvalue weighted by Crippen LogP contribution is 2.28. The predicted molar refractivity (Wildman–Crippen MR) is 44.7 cm³/mol. The summed E-state index contributed by atoms with van der Waals surface area (Å²) in [5.74, 6) is -0.273. The lowest BCUT2D eigenvalue weighted by atomic mass is 10.3. The number of nitrogens with zero attached hydrogens (tertiary/aromatic N) is 2. The van der Waals surface area contributed by atoms with E-state index in [0.717, 1.165) is 0 Å². The van der Waals surface area contributed by atoms with Gasteiger partial charge in [0.2, 0.25) is 5.82 Å². The Morgan fingerprint density at radius 2 is 2.17 bits per heavy atom. The molecule has 0 aliphatic heterocycles. The molecule has 0 unspecified atom stereocenters. The van der Waals surface area contributed by atoms with Gasteiger partial charge >= 0.3 is 5.69 Å². The van der Waals surface area contributed by atoms with E-state index >= 15 is 0 Å². The van der Waals surface area contributed by atoms with E-state index in [2.05, 4.69) is 4.98 Å². The van der Waals surface area contributed by atoms with Crippen molar-refractivity contribution in [2.45, 2.75) is 0 Å². The molecular formula is C5H5ClN4O2. The highest BCUT2D eigenvalue weighted by atomic mass is 35.5. The Bertz CT molecular complexity index is 317. The van der Waals surface area contributed by atoms with E-state index in [-0.39, 0.29) is 16.7 Å². The van der Waals surface area contributed by atoms with E-state index in [1.54, 1.807) is 0 Å². The van der Waals surface area contributed by atoms with Crippen LogP contribution in [0.4, 0.5) is 17.2 Å². The zero-order chi connectivity index (χ0) is 9.30. The van der Waals surface area contributed by atoms with E-state index in [4.69, 9.17) is 23.1 Å². The molecule has 0 amide bonds.